The molecule has 2 amide bonds. The Labute approximate surface area is 205 Å². The molecular formula is C22H14BrCl2N3O3S. The molecule has 0 radical (unpaired) electrons. The Balaban J connectivity index is 1.49. The standard InChI is InChI=1S/C22H14BrCl2N3O3S/c1-11(12-4-2-5-13(10-12)26-21(29)15-8-9-17(23)31-15)27-28-22(30)20-19(25)18-14(24)6-3-7-16(18)32-20/h2-10H,1H3,(H,26,29)(H,28,30)/b27-11+. The molecular weight excluding hydrogens is 537 g/mol. The molecule has 0 atom stereocenters. The number of hydrogen-bond acceptors (Lipinski definition) is 5. The summed E-state index contributed by atoms with van der Waals surface area (Å²) in [5.74, 6) is -0.631. The third-order valence-corrected chi connectivity index (χ3v) is 6.86. The number of benzene rings is 2. The first-order chi connectivity index (χ1) is 15.3. The van der Waals surface area contributed by atoms with E-state index in [2.05, 4.69) is 31.8 Å². The summed E-state index contributed by atoms with van der Waals surface area (Å²) in [4.78, 5) is 25.3. The molecule has 162 valence electrons. The minimum Gasteiger partial charge on any atom is -0.444 e. The molecule has 0 saturated heterocycles. The van der Waals surface area contributed by atoms with Crippen molar-refractivity contribution in [3.63, 3.8) is 0 Å². The first-order valence-electron chi connectivity index (χ1n) is 9.21. The lowest BCUT2D eigenvalue weighted by molar-refractivity contribution is 0.0957. The van der Waals surface area contributed by atoms with Crippen molar-refractivity contribution in [2.45, 2.75) is 6.92 Å². The maximum atomic E-state index is 12.6. The van der Waals surface area contributed by atoms with Gasteiger partial charge in [0.1, 0.15) is 4.88 Å². The van der Waals surface area contributed by atoms with Crippen LogP contribution in [0, 0.1) is 0 Å². The normalized spacial score (nSPS) is 11.6. The summed E-state index contributed by atoms with van der Waals surface area (Å²) in [5, 5.41) is 8.38. The van der Waals surface area contributed by atoms with Gasteiger partial charge in [-0.25, -0.2) is 5.43 Å². The van der Waals surface area contributed by atoms with Crippen molar-refractivity contribution < 1.29 is 14.0 Å². The number of carbonyl (C=O) groups is 2. The molecule has 2 heterocycles. The second-order valence-corrected chi connectivity index (χ2v) is 9.25. The molecule has 6 nitrogen and oxygen atoms in total. The third-order valence-electron chi connectivity index (χ3n) is 4.47. The molecule has 0 fully saturated rings. The smallest absolute Gasteiger partial charge is 0.291 e. The van der Waals surface area contributed by atoms with Gasteiger partial charge in [0.05, 0.1) is 15.8 Å². The highest BCUT2D eigenvalue weighted by Crippen LogP contribution is 2.39. The second-order valence-electron chi connectivity index (χ2n) is 6.63. The van der Waals surface area contributed by atoms with Crippen LogP contribution in [0.25, 0.3) is 10.1 Å². The van der Waals surface area contributed by atoms with Crippen LogP contribution in [-0.4, -0.2) is 17.5 Å². The van der Waals surface area contributed by atoms with Crippen LogP contribution in [0.4, 0.5) is 5.69 Å². The molecule has 0 aliphatic rings. The van der Waals surface area contributed by atoms with Gasteiger partial charge in [0.2, 0.25) is 0 Å². The fraction of sp³-hybridized carbons (Fsp3) is 0.0455. The van der Waals surface area contributed by atoms with E-state index in [9.17, 15) is 9.59 Å². The van der Waals surface area contributed by atoms with E-state index >= 15 is 0 Å². The maximum Gasteiger partial charge on any atom is 0.291 e. The first kappa shape index (κ1) is 22.5. The average molecular weight is 551 g/mol. The van der Waals surface area contributed by atoms with Gasteiger partial charge in [0.15, 0.2) is 10.4 Å². The largest absolute Gasteiger partial charge is 0.444 e. The number of nitrogens with one attached hydrogen (secondary N) is 2. The Bertz CT molecular complexity index is 1380. The molecule has 0 bridgehead atoms. The van der Waals surface area contributed by atoms with Gasteiger partial charge >= 0.3 is 0 Å². The number of rotatable bonds is 5. The van der Waals surface area contributed by atoms with E-state index in [0.717, 1.165) is 4.70 Å². The van der Waals surface area contributed by atoms with Crippen molar-refractivity contribution >= 4 is 83.8 Å². The van der Waals surface area contributed by atoms with Crippen LogP contribution in [0.15, 0.2) is 68.8 Å². The number of fused-ring (bicyclic) bond motifs is 1. The predicted molar refractivity (Wildman–Crippen MR) is 132 cm³/mol. The lowest BCUT2D eigenvalue weighted by Gasteiger charge is -2.07. The number of nitrogens with zero attached hydrogens (tertiary/aromatic N) is 1. The molecule has 0 aliphatic carbocycles. The Morgan fingerprint density at radius 1 is 1.06 bits per heavy atom. The van der Waals surface area contributed by atoms with Gasteiger partial charge in [-0.1, -0.05) is 41.4 Å². The lowest BCUT2D eigenvalue weighted by Crippen LogP contribution is -2.18. The zero-order chi connectivity index (χ0) is 22.8. The van der Waals surface area contributed by atoms with Crippen molar-refractivity contribution in [1.82, 2.24) is 5.43 Å². The summed E-state index contributed by atoms with van der Waals surface area (Å²) in [6.45, 7) is 1.74. The molecule has 0 unspecified atom stereocenters. The second kappa shape index (κ2) is 9.46. The Morgan fingerprint density at radius 3 is 2.56 bits per heavy atom. The van der Waals surface area contributed by atoms with E-state index < -0.39 is 5.91 Å². The van der Waals surface area contributed by atoms with Crippen molar-refractivity contribution in [3.8, 4) is 0 Å². The third kappa shape index (κ3) is 4.73. The fourth-order valence-corrected chi connectivity index (χ4v) is 5.07. The monoisotopic (exact) mass is 549 g/mol. The highest BCUT2D eigenvalue weighted by molar-refractivity contribution is 9.10. The number of furan rings is 1. The molecule has 0 aliphatic heterocycles. The number of hydrogen-bond donors (Lipinski definition) is 2. The van der Waals surface area contributed by atoms with Gasteiger partial charge in [-0.15, -0.1) is 11.3 Å². The molecule has 2 aromatic heterocycles. The van der Waals surface area contributed by atoms with E-state index in [4.69, 9.17) is 27.6 Å². The summed E-state index contributed by atoms with van der Waals surface area (Å²) in [5.41, 5.74) is 4.35. The zero-order valence-electron chi connectivity index (χ0n) is 16.4. The number of carbonyl (C=O) groups excluding carboxylic acids is 2. The number of thiophene rings is 1. The van der Waals surface area contributed by atoms with Gasteiger partial charge < -0.3 is 9.73 Å². The van der Waals surface area contributed by atoms with Gasteiger partial charge in [-0.3, -0.25) is 9.59 Å². The number of amides is 2. The Morgan fingerprint density at radius 2 is 1.84 bits per heavy atom. The molecule has 4 aromatic rings. The topological polar surface area (TPSA) is 83.7 Å². The molecule has 0 saturated carbocycles. The van der Waals surface area contributed by atoms with Crippen LogP contribution in [0.3, 0.4) is 0 Å². The van der Waals surface area contributed by atoms with Crippen molar-refractivity contribution in [2.75, 3.05) is 5.32 Å². The summed E-state index contributed by atoms with van der Waals surface area (Å²) in [6.07, 6.45) is 0. The van der Waals surface area contributed by atoms with Crippen LogP contribution in [0.5, 0.6) is 0 Å². The molecule has 2 aromatic carbocycles. The first-order valence-corrected chi connectivity index (χ1v) is 11.6. The highest BCUT2D eigenvalue weighted by atomic mass is 79.9. The Kier molecular flexibility index (Phi) is 6.66. The van der Waals surface area contributed by atoms with Crippen LogP contribution >= 0.6 is 50.5 Å². The molecule has 0 spiro atoms. The lowest BCUT2D eigenvalue weighted by atomic mass is 10.1. The van der Waals surface area contributed by atoms with Crippen LogP contribution < -0.4 is 10.7 Å². The molecule has 32 heavy (non-hydrogen) atoms. The number of halogens is 3. The number of hydrazone groups is 1. The molecule has 2 N–H and O–H groups in total. The van der Waals surface area contributed by atoms with Gasteiger partial charge in [-0.2, -0.15) is 5.10 Å². The quantitative estimate of drug-likeness (QED) is 0.208. The van der Waals surface area contributed by atoms with E-state index in [1.54, 1.807) is 49.4 Å². The SMILES string of the molecule is C/C(=N\NC(=O)c1sc2cccc(Cl)c2c1Cl)c1cccc(NC(=O)c2ccc(Br)o2)c1. The summed E-state index contributed by atoms with van der Waals surface area (Å²) >= 11 is 17.0. The van der Waals surface area contributed by atoms with E-state index in [1.165, 1.54) is 11.3 Å². The Hall–Kier alpha value is -2.65. The van der Waals surface area contributed by atoms with Crippen molar-refractivity contribution in [1.29, 1.82) is 0 Å². The summed E-state index contributed by atoms with van der Waals surface area (Å²) < 4.78 is 6.54. The van der Waals surface area contributed by atoms with Gasteiger partial charge in [0.25, 0.3) is 11.8 Å². The van der Waals surface area contributed by atoms with Crippen molar-refractivity contribution in [2.24, 2.45) is 5.10 Å². The molecule has 4 rings (SSSR count). The predicted octanol–water partition coefficient (Wildman–Crippen LogP) is 6.97. The van der Waals surface area contributed by atoms with Gasteiger partial charge in [0, 0.05) is 15.8 Å². The summed E-state index contributed by atoms with van der Waals surface area (Å²) in [6, 6.07) is 15.7. The average Bonchev–Trinajstić information content (AvgIpc) is 3.36. The van der Waals surface area contributed by atoms with E-state index in [-0.39, 0.29) is 11.7 Å². The highest BCUT2D eigenvalue weighted by Gasteiger charge is 2.19. The van der Waals surface area contributed by atoms with Crippen LogP contribution in [0.1, 0.15) is 32.7 Å². The number of anilines is 1. The zero-order valence-corrected chi connectivity index (χ0v) is 20.3. The van der Waals surface area contributed by atoms with Crippen molar-refractivity contribution in [3.05, 3.63) is 85.5 Å². The van der Waals surface area contributed by atoms with Crippen LogP contribution in [0.2, 0.25) is 10.0 Å². The van der Waals surface area contributed by atoms with Gasteiger partial charge in [-0.05, 0) is 64.8 Å². The van der Waals surface area contributed by atoms with Crippen LogP contribution in [-0.2, 0) is 0 Å². The minimum absolute atomic E-state index is 0.181. The minimum atomic E-state index is -0.431. The van der Waals surface area contributed by atoms with E-state index in [1.807, 2.05) is 12.1 Å². The molecule has 10 heteroatoms. The fourth-order valence-electron chi connectivity index (χ4n) is 2.92. The maximum absolute atomic E-state index is 12.6. The van der Waals surface area contributed by atoms with E-state index in [0.29, 0.717) is 41.9 Å². The summed E-state index contributed by atoms with van der Waals surface area (Å²) in [7, 11) is 0.